The van der Waals surface area contributed by atoms with E-state index in [1.54, 1.807) is 19.1 Å². The van der Waals surface area contributed by atoms with Crippen molar-refractivity contribution in [3.63, 3.8) is 0 Å². The monoisotopic (exact) mass is 492 g/mol. The fraction of sp³-hybridized carbons (Fsp3) is 0.120. The molecule has 0 saturated heterocycles. The predicted molar refractivity (Wildman–Crippen MR) is 131 cm³/mol. The normalized spacial score (nSPS) is 11.6. The zero-order valence-corrected chi connectivity index (χ0v) is 19.8. The van der Waals surface area contributed by atoms with Crippen LogP contribution in [0.25, 0.3) is 16.8 Å². The summed E-state index contributed by atoms with van der Waals surface area (Å²) in [4.78, 5) is 24.5. The molecular formula is C25H21ClN4O5. The highest BCUT2D eigenvalue weighted by Gasteiger charge is 2.22. The number of aromatic carboxylic acids is 1. The molecule has 35 heavy (non-hydrogen) atoms. The molecule has 0 aliphatic rings. The zero-order valence-electron chi connectivity index (χ0n) is 19.0. The van der Waals surface area contributed by atoms with Crippen molar-refractivity contribution in [1.29, 1.82) is 0 Å². The first-order valence-electron chi connectivity index (χ1n) is 10.5. The number of aryl methyl sites for hydroxylation is 3. The Morgan fingerprint density at radius 2 is 1.83 bits per heavy atom. The van der Waals surface area contributed by atoms with Gasteiger partial charge in [0.1, 0.15) is 0 Å². The van der Waals surface area contributed by atoms with Gasteiger partial charge in [-0.05, 0) is 72.7 Å². The van der Waals surface area contributed by atoms with E-state index < -0.39 is 17.3 Å². The number of azo groups is 1. The van der Waals surface area contributed by atoms with Gasteiger partial charge in [-0.3, -0.25) is 9.89 Å². The number of hydrogen-bond acceptors (Lipinski definition) is 5. The summed E-state index contributed by atoms with van der Waals surface area (Å²) in [7, 11) is 0. The maximum Gasteiger partial charge on any atom is 0.335 e. The number of phenolic OH excluding ortho intramolecular Hbond substituents is 1. The highest BCUT2D eigenvalue weighted by atomic mass is 35.5. The van der Waals surface area contributed by atoms with Gasteiger partial charge < -0.3 is 15.4 Å². The molecule has 3 aromatic carbocycles. The van der Waals surface area contributed by atoms with Gasteiger partial charge in [0.2, 0.25) is 5.69 Å². The number of halogens is 1. The zero-order chi connectivity index (χ0) is 25.4. The van der Waals surface area contributed by atoms with Crippen molar-refractivity contribution in [3.05, 3.63) is 97.6 Å². The molecule has 0 aliphatic carbocycles. The van der Waals surface area contributed by atoms with E-state index in [0.717, 1.165) is 11.1 Å². The number of carboxylic acids is 1. The van der Waals surface area contributed by atoms with Crippen molar-refractivity contribution < 1.29 is 19.9 Å². The van der Waals surface area contributed by atoms with Crippen LogP contribution in [0.5, 0.6) is 5.75 Å². The van der Waals surface area contributed by atoms with E-state index in [9.17, 15) is 25.0 Å². The van der Waals surface area contributed by atoms with Crippen LogP contribution in [0.1, 0.15) is 27.2 Å². The number of benzene rings is 3. The summed E-state index contributed by atoms with van der Waals surface area (Å²) in [5, 5.41) is 40.0. The van der Waals surface area contributed by atoms with E-state index in [0.29, 0.717) is 16.9 Å². The van der Waals surface area contributed by atoms with E-state index in [4.69, 9.17) is 11.6 Å². The van der Waals surface area contributed by atoms with E-state index in [1.165, 1.54) is 35.0 Å². The first-order chi connectivity index (χ1) is 16.6. The lowest BCUT2D eigenvalue weighted by atomic mass is 10.0. The molecule has 4 rings (SSSR count). The molecule has 0 aliphatic heterocycles. The van der Waals surface area contributed by atoms with E-state index in [1.807, 2.05) is 26.0 Å². The number of phenols is 1. The Labute approximate surface area is 204 Å². The predicted octanol–water partition coefficient (Wildman–Crippen LogP) is 5.74. The molecule has 0 atom stereocenters. The lowest BCUT2D eigenvalue weighted by Gasteiger charge is -2.09. The average molecular weight is 493 g/mol. The van der Waals surface area contributed by atoms with Gasteiger partial charge in [0.15, 0.2) is 5.75 Å². The molecule has 1 heterocycles. The van der Waals surface area contributed by atoms with Crippen LogP contribution in [0.2, 0.25) is 5.02 Å². The molecule has 4 aromatic rings. The third-order valence-electron chi connectivity index (χ3n) is 5.66. The van der Waals surface area contributed by atoms with Crippen LogP contribution in [-0.2, 0) is 0 Å². The van der Waals surface area contributed by atoms with Gasteiger partial charge in [0.05, 0.1) is 16.9 Å². The Kier molecular flexibility index (Phi) is 6.19. The molecule has 9 nitrogen and oxygen atoms in total. The van der Waals surface area contributed by atoms with Crippen LogP contribution in [0.15, 0.2) is 64.5 Å². The van der Waals surface area contributed by atoms with Crippen molar-refractivity contribution in [2.45, 2.75) is 20.8 Å². The summed E-state index contributed by atoms with van der Waals surface area (Å²) in [6.45, 7) is 5.49. The summed E-state index contributed by atoms with van der Waals surface area (Å²) >= 11 is 6.19. The molecule has 0 saturated carbocycles. The molecule has 0 fully saturated rings. The lowest BCUT2D eigenvalue weighted by molar-refractivity contribution is -0.436. The average Bonchev–Trinajstić information content (AvgIpc) is 3.10. The summed E-state index contributed by atoms with van der Waals surface area (Å²) in [5.41, 5.74) is 2.52. The Bertz CT molecular complexity index is 1570. The smallest absolute Gasteiger partial charge is 0.335 e. The van der Waals surface area contributed by atoms with Gasteiger partial charge in [0.25, 0.3) is 5.69 Å². The van der Waals surface area contributed by atoms with Crippen molar-refractivity contribution in [2.24, 2.45) is 5.11 Å². The minimum Gasteiger partial charge on any atom is -0.594 e. The SMILES string of the molecule is Cc1ccc(-n2[nH]c(C)c(N=[N+]([O-])c3cc(Cl)cc(-c4cccc(C(=O)O)c4)c3O)c2=O)cc1C. The number of nitrogens with one attached hydrogen (secondary N) is 1. The third kappa shape index (κ3) is 4.53. The maximum atomic E-state index is 13.0. The first-order valence-corrected chi connectivity index (χ1v) is 10.9. The molecule has 0 bridgehead atoms. The number of H-pyrrole nitrogens is 1. The minimum atomic E-state index is -1.14. The lowest BCUT2D eigenvalue weighted by Crippen LogP contribution is -2.14. The second-order valence-electron chi connectivity index (χ2n) is 8.07. The second kappa shape index (κ2) is 9.11. The summed E-state index contributed by atoms with van der Waals surface area (Å²) in [6, 6.07) is 14.0. The van der Waals surface area contributed by atoms with Crippen molar-refractivity contribution in [2.75, 3.05) is 0 Å². The number of carbonyl (C=O) groups is 1. The maximum absolute atomic E-state index is 13.0. The molecular weight excluding hydrogens is 472 g/mol. The topological polar surface area (TPSA) is 134 Å². The van der Waals surface area contributed by atoms with Crippen molar-refractivity contribution in [3.8, 4) is 22.6 Å². The number of aromatic hydroxyl groups is 1. The number of rotatable bonds is 5. The minimum absolute atomic E-state index is 0.00179. The van der Waals surface area contributed by atoms with Crippen LogP contribution in [0.4, 0.5) is 11.4 Å². The van der Waals surface area contributed by atoms with Crippen LogP contribution < -0.4 is 5.56 Å². The largest absolute Gasteiger partial charge is 0.594 e. The summed E-state index contributed by atoms with van der Waals surface area (Å²) < 4.78 is 1.29. The van der Waals surface area contributed by atoms with Gasteiger partial charge >= 0.3 is 11.5 Å². The number of hydrogen-bond donors (Lipinski definition) is 3. The molecule has 0 spiro atoms. The molecule has 3 N–H and O–H groups in total. The van der Waals surface area contributed by atoms with E-state index in [-0.39, 0.29) is 32.4 Å². The van der Waals surface area contributed by atoms with Gasteiger partial charge in [-0.2, -0.15) is 0 Å². The van der Waals surface area contributed by atoms with E-state index in [2.05, 4.69) is 10.2 Å². The number of nitrogens with zero attached hydrogens (tertiary/aromatic N) is 3. The third-order valence-corrected chi connectivity index (χ3v) is 5.88. The molecule has 1 aromatic heterocycles. The van der Waals surface area contributed by atoms with Crippen LogP contribution >= 0.6 is 11.6 Å². The molecule has 0 amide bonds. The fourth-order valence-electron chi connectivity index (χ4n) is 3.62. The number of carboxylic acid groups (broad SMARTS) is 1. The highest BCUT2D eigenvalue weighted by molar-refractivity contribution is 6.31. The number of aromatic amines is 1. The Morgan fingerprint density at radius 3 is 2.51 bits per heavy atom. The van der Waals surface area contributed by atoms with Crippen molar-refractivity contribution >= 4 is 28.9 Å². The van der Waals surface area contributed by atoms with E-state index >= 15 is 0 Å². The van der Waals surface area contributed by atoms with Crippen LogP contribution in [0, 0.1) is 26.0 Å². The fourth-order valence-corrected chi connectivity index (χ4v) is 3.83. The first kappa shape index (κ1) is 23.8. The second-order valence-corrected chi connectivity index (χ2v) is 8.51. The molecule has 178 valence electrons. The Balaban J connectivity index is 1.81. The van der Waals surface area contributed by atoms with Crippen LogP contribution in [-0.4, -0.2) is 30.8 Å². The molecule has 0 radical (unpaired) electrons. The highest BCUT2D eigenvalue weighted by Crippen LogP contribution is 2.40. The Morgan fingerprint density at radius 1 is 1.09 bits per heavy atom. The molecule has 10 heteroatoms. The van der Waals surface area contributed by atoms with Gasteiger partial charge in [-0.1, -0.05) is 29.8 Å². The molecule has 0 unspecified atom stereocenters. The van der Waals surface area contributed by atoms with Gasteiger partial charge in [-0.15, -0.1) is 0 Å². The number of aromatic nitrogens is 2. The standard InChI is InChI=1S/C25H21ClN4O5/c1-13-7-8-19(9-14(13)2)29-24(32)22(15(3)27-29)28-30(35)21-12-18(26)11-20(23(21)31)16-5-4-6-17(10-16)25(33)34/h4-12,27,31H,1-3H3,(H,33,34). The van der Waals surface area contributed by atoms with Gasteiger partial charge in [-0.25, -0.2) is 9.48 Å². The van der Waals surface area contributed by atoms with Gasteiger partial charge in [0, 0.05) is 21.8 Å². The van der Waals surface area contributed by atoms with Crippen molar-refractivity contribution in [1.82, 2.24) is 9.78 Å². The summed E-state index contributed by atoms with van der Waals surface area (Å²) in [6.07, 6.45) is 0. The Hall–Kier alpha value is -4.37. The van der Waals surface area contributed by atoms with Crippen LogP contribution in [0.3, 0.4) is 0 Å². The summed E-state index contributed by atoms with van der Waals surface area (Å²) in [5.74, 6) is -1.60. The quantitative estimate of drug-likeness (QED) is 0.185.